The average molecular weight is 269 g/mol. The highest BCUT2D eigenvalue weighted by molar-refractivity contribution is 5.75. The minimum Gasteiger partial charge on any atom is -0.457 e. The van der Waals surface area contributed by atoms with Gasteiger partial charge in [0, 0.05) is 13.0 Å². The number of para-hydroxylation sites is 1. The SMILES string of the molecule is CCC(=O)NCCc1cccc(Oc2ccccc2)c1. The molecule has 2 rings (SSSR count). The molecule has 0 unspecified atom stereocenters. The van der Waals surface area contributed by atoms with Gasteiger partial charge in [-0.15, -0.1) is 0 Å². The molecule has 0 saturated carbocycles. The number of carbonyl (C=O) groups is 1. The Hall–Kier alpha value is -2.29. The van der Waals surface area contributed by atoms with Gasteiger partial charge in [0.25, 0.3) is 0 Å². The molecule has 0 aliphatic carbocycles. The number of ether oxygens (including phenoxy) is 1. The van der Waals surface area contributed by atoms with E-state index in [1.54, 1.807) is 0 Å². The van der Waals surface area contributed by atoms with Crippen molar-refractivity contribution < 1.29 is 9.53 Å². The van der Waals surface area contributed by atoms with Crippen molar-refractivity contribution >= 4 is 5.91 Å². The smallest absolute Gasteiger partial charge is 0.219 e. The molecule has 0 fully saturated rings. The molecule has 0 atom stereocenters. The Balaban J connectivity index is 1.92. The molecule has 104 valence electrons. The summed E-state index contributed by atoms with van der Waals surface area (Å²) < 4.78 is 5.78. The Morgan fingerprint density at radius 2 is 1.80 bits per heavy atom. The number of hydrogen-bond donors (Lipinski definition) is 1. The number of rotatable bonds is 6. The highest BCUT2D eigenvalue weighted by Gasteiger charge is 2.00. The Labute approximate surface area is 119 Å². The first-order valence-corrected chi connectivity index (χ1v) is 6.86. The molecular formula is C17H19NO2. The number of benzene rings is 2. The number of hydrogen-bond acceptors (Lipinski definition) is 2. The lowest BCUT2D eigenvalue weighted by atomic mass is 10.1. The van der Waals surface area contributed by atoms with E-state index in [1.807, 2.05) is 61.5 Å². The second-order valence-electron chi connectivity index (χ2n) is 4.52. The summed E-state index contributed by atoms with van der Waals surface area (Å²) >= 11 is 0. The third kappa shape index (κ3) is 4.43. The van der Waals surface area contributed by atoms with Gasteiger partial charge in [-0.25, -0.2) is 0 Å². The van der Waals surface area contributed by atoms with Crippen LogP contribution in [0.25, 0.3) is 0 Å². The van der Waals surface area contributed by atoms with Crippen molar-refractivity contribution in [1.29, 1.82) is 0 Å². The molecule has 3 nitrogen and oxygen atoms in total. The second-order valence-corrected chi connectivity index (χ2v) is 4.52. The van der Waals surface area contributed by atoms with E-state index in [0.29, 0.717) is 13.0 Å². The van der Waals surface area contributed by atoms with Crippen molar-refractivity contribution in [2.24, 2.45) is 0 Å². The quantitative estimate of drug-likeness (QED) is 0.871. The van der Waals surface area contributed by atoms with Gasteiger partial charge in [-0.2, -0.15) is 0 Å². The van der Waals surface area contributed by atoms with Gasteiger partial charge >= 0.3 is 0 Å². The molecule has 0 saturated heterocycles. The Kier molecular flexibility index (Phi) is 5.18. The van der Waals surface area contributed by atoms with Crippen molar-refractivity contribution in [2.45, 2.75) is 19.8 Å². The zero-order valence-corrected chi connectivity index (χ0v) is 11.6. The van der Waals surface area contributed by atoms with Crippen LogP contribution >= 0.6 is 0 Å². The monoisotopic (exact) mass is 269 g/mol. The molecule has 1 amide bonds. The Morgan fingerprint density at radius 3 is 2.55 bits per heavy atom. The maximum Gasteiger partial charge on any atom is 0.219 e. The minimum atomic E-state index is 0.0849. The number of carbonyl (C=O) groups excluding carboxylic acids is 1. The van der Waals surface area contributed by atoms with Gasteiger partial charge in [0.15, 0.2) is 0 Å². The molecule has 0 radical (unpaired) electrons. The van der Waals surface area contributed by atoms with E-state index in [2.05, 4.69) is 5.32 Å². The zero-order chi connectivity index (χ0) is 14.2. The maximum absolute atomic E-state index is 11.2. The van der Waals surface area contributed by atoms with Crippen LogP contribution in [-0.4, -0.2) is 12.5 Å². The van der Waals surface area contributed by atoms with Crippen molar-refractivity contribution in [1.82, 2.24) is 5.32 Å². The minimum absolute atomic E-state index is 0.0849. The summed E-state index contributed by atoms with van der Waals surface area (Å²) in [5.74, 6) is 1.72. The van der Waals surface area contributed by atoms with Gasteiger partial charge in [0.1, 0.15) is 11.5 Å². The molecule has 0 aliphatic rings. The zero-order valence-electron chi connectivity index (χ0n) is 11.6. The van der Waals surface area contributed by atoms with Crippen LogP contribution < -0.4 is 10.1 Å². The molecule has 0 bridgehead atoms. The summed E-state index contributed by atoms with van der Waals surface area (Å²) in [5, 5.41) is 2.87. The second kappa shape index (κ2) is 7.34. The lowest BCUT2D eigenvalue weighted by Gasteiger charge is -2.08. The molecule has 2 aromatic rings. The highest BCUT2D eigenvalue weighted by atomic mass is 16.5. The Morgan fingerprint density at radius 1 is 1.05 bits per heavy atom. The van der Waals surface area contributed by atoms with Gasteiger partial charge in [-0.1, -0.05) is 37.3 Å². The van der Waals surface area contributed by atoms with E-state index < -0.39 is 0 Å². The molecule has 20 heavy (non-hydrogen) atoms. The number of amides is 1. The van der Waals surface area contributed by atoms with E-state index in [0.717, 1.165) is 23.5 Å². The third-order valence-electron chi connectivity index (χ3n) is 2.93. The summed E-state index contributed by atoms with van der Waals surface area (Å²) in [6.45, 7) is 2.51. The first-order valence-electron chi connectivity index (χ1n) is 6.86. The lowest BCUT2D eigenvalue weighted by Crippen LogP contribution is -2.24. The molecule has 0 heterocycles. The van der Waals surface area contributed by atoms with Crippen LogP contribution in [0.1, 0.15) is 18.9 Å². The lowest BCUT2D eigenvalue weighted by molar-refractivity contribution is -0.120. The van der Waals surface area contributed by atoms with Gasteiger partial charge < -0.3 is 10.1 Å². The van der Waals surface area contributed by atoms with Crippen molar-refractivity contribution in [3.63, 3.8) is 0 Å². The van der Waals surface area contributed by atoms with E-state index >= 15 is 0 Å². The fourth-order valence-electron chi connectivity index (χ4n) is 1.86. The maximum atomic E-state index is 11.2. The molecule has 2 aromatic carbocycles. The predicted octanol–water partition coefficient (Wildman–Crippen LogP) is 3.55. The predicted molar refractivity (Wildman–Crippen MR) is 80.0 cm³/mol. The summed E-state index contributed by atoms with van der Waals surface area (Å²) in [4.78, 5) is 11.2. The molecule has 0 aromatic heterocycles. The first kappa shape index (κ1) is 14.1. The third-order valence-corrected chi connectivity index (χ3v) is 2.93. The summed E-state index contributed by atoms with van der Waals surface area (Å²) in [6, 6.07) is 17.6. The Bertz CT molecular complexity index is 552. The fraction of sp³-hybridized carbons (Fsp3) is 0.235. The van der Waals surface area contributed by atoms with E-state index in [1.165, 1.54) is 0 Å². The number of nitrogens with one attached hydrogen (secondary N) is 1. The van der Waals surface area contributed by atoms with Gasteiger partial charge in [0.2, 0.25) is 5.91 Å². The van der Waals surface area contributed by atoms with Crippen LogP contribution in [0.4, 0.5) is 0 Å². The van der Waals surface area contributed by atoms with Crippen LogP contribution in [-0.2, 0) is 11.2 Å². The normalized spacial score (nSPS) is 10.1. The topological polar surface area (TPSA) is 38.3 Å². The van der Waals surface area contributed by atoms with Gasteiger partial charge in [-0.05, 0) is 36.2 Å². The van der Waals surface area contributed by atoms with Crippen molar-refractivity contribution in [3.05, 3.63) is 60.2 Å². The van der Waals surface area contributed by atoms with E-state index in [-0.39, 0.29) is 5.91 Å². The average Bonchev–Trinajstić information content (AvgIpc) is 2.48. The standard InChI is InChI=1S/C17H19NO2/c1-2-17(19)18-12-11-14-7-6-10-16(13-14)20-15-8-4-3-5-9-15/h3-10,13H,2,11-12H2,1H3,(H,18,19). The van der Waals surface area contributed by atoms with Crippen LogP contribution in [0.15, 0.2) is 54.6 Å². The van der Waals surface area contributed by atoms with Gasteiger partial charge in [0.05, 0.1) is 0 Å². The van der Waals surface area contributed by atoms with Crippen molar-refractivity contribution in [2.75, 3.05) is 6.54 Å². The molecular weight excluding hydrogens is 250 g/mol. The molecule has 1 N–H and O–H groups in total. The molecule has 0 spiro atoms. The fourth-order valence-corrected chi connectivity index (χ4v) is 1.86. The van der Waals surface area contributed by atoms with Gasteiger partial charge in [-0.3, -0.25) is 4.79 Å². The van der Waals surface area contributed by atoms with Crippen LogP contribution in [0, 0.1) is 0 Å². The molecule has 3 heteroatoms. The highest BCUT2D eigenvalue weighted by Crippen LogP contribution is 2.21. The largest absolute Gasteiger partial charge is 0.457 e. The van der Waals surface area contributed by atoms with Crippen LogP contribution in [0.5, 0.6) is 11.5 Å². The van der Waals surface area contributed by atoms with Crippen molar-refractivity contribution in [3.8, 4) is 11.5 Å². The summed E-state index contributed by atoms with van der Waals surface area (Å²) in [7, 11) is 0. The summed E-state index contributed by atoms with van der Waals surface area (Å²) in [5.41, 5.74) is 1.15. The first-order chi connectivity index (χ1) is 9.78. The van der Waals surface area contributed by atoms with Crippen LogP contribution in [0.3, 0.4) is 0 Å². The van der Waals surface area contributed by atoms with E-state index in [9.17, 15) is 4.79 Å². The van der Waals surface area contributed by atoms with E-state index in [4.69, 9.17) is 4.74 Å². The summed E-state index contributed by atoms with van der Waals surface area (Å²) in [6.07, 6.45) is 1.33. The van der Waals surface area contributed by atoms with Crippen LogP contribution in [0.2, 0.25) is 0 Å². The molecule has 0 aliphatic heterocycles.